The van der Waals surface area contributed by atoms with Gasteiger partial charge < -0.3 is 9.47 Å². The zero-order chi connectivity index (χ0) is 17.6. The summed E-state index contributed by atoms with van der Waals surface area (Å²) in [6.07, 6.45) is 2.00. The molecule has 1 aliphatic rings. The van der Waals surface area contributed by atoms with Crippen molar-refractivity contribution in [3.8, 4) is 11.5 Å². The number of carbonyl (C=O) groups excluding carboxylic acids is 1. The molecule has 1 aliphatic heterocycles. The number of nitrogens with zero attached hydrogens (tertiary/aromatic N) is 1. The zero-order valence-electron chi connectivity index (χ0n) is 14.9. The third-order valence-corrected chi connectivity index (χ3v) is 4.79. The highest BCUT2D eigenvalue weighted by atomic mass is 16.5. The summed E-state index contributed by atoms with van der Waals surface area (Å²) in [5.74, 6) is 1.48. The minimum Gasteiger partial charge on any atom is -0.493 e. The van der Waals surface area contributed by atoms with Crippen LogP contribution in [-0.2, 0) is 6.54 Å². The molecule has 2 aromatic carbocycles. The molecule has 1 atom stereocenters. The average Bonchev–Trinajstić information content (AvgIpc) is 2.68. The van der Waals surface area contributed by atoms with Crippen LogP contribution in [0.2, 0.25) is 0 Å². The number of carbonyl (C=O) groups is 1. The van der Waals surface area contributed by atoms with E-state index in [1.807, 2.05) is 12.1 Å². The highest BCUT2D eigenvalue weighted by Crippen LogP contribution is 2.30. The van der Waals surface area contributed by atoms with Gasteiger partial charge >= 0.3 is 0 Å². The average molecular weight is 339 g/mol. The lowest BCUT2D eigenvalue weighted by Gasteiger charge is -2.32. The van der Waals surface area contributed by atoms with Gasteiger partial charge in [0, 0.05) is 24.6 Å². The van der Waals surface area contributed by atoms with Gasteiger partial charge in [0.25, 0.3) is 0 Å². The van der Waals surface area contributed by atoms with Gasteiger partial charge in [0.1, 0.15) is 0 Å². The third kappa shape index (κ3) is 4.20. The van der Waals surface area contributed by atoms with Crippen LogP contribution in [0, 0.1) is 5.92 Å². The molecule has 25 heavy (non-hydrogen) atoms. The van der Waals surface area contributed by atoms with Crippen LogP contribution in [0.5, 0.6) is 11.5 Å². The van der Waals surface area contributed by atoms with E-state index in [0.29, 0.717) is 17.1 Å². The number of benzene rings is 2. The summed E-state index contributed by atoms with van der Waals surface area (Å²) in [5, 5.41) is 0. The molecule has 1 unspecified atom stereocenters. The van der Waals surface area contributed by atoms with Crippen molar-refractivity contribution in [1.82, 2.24) is 4.90 Å². The van der Waals surface area contributed by atoms with E-state index < -0.39 is 0 Å². The molecule has 1 fully saturated rings. The van der Waals surface area contributed by atoms with E-state index in [-0.39, 0.29) is 11.7 Å². The van der Waals surface area contributed by atoms with Crippen LogP contribution in [0.1, 0.15) is 28.8 Å². The predicted octanol–water partition coefficient (Wildman–Crippen LogP) is 3.80. The highest BCUT2D eigenvalue weighted by molar-refractivity contribution is 5.98. The minimum atomic E-state index is 0.0376. The van der Waals surface area contributed by atoms with Gasteiger partial charge in [-0.15, -0.1) is 0 Å². The Balaban J connectivity index is 1.69. The van der Waals surface area contributed by atoms with Crippen molar-refractivity contribution < 1.29 is 14.3 Å². The number of likely N-dealkylation sites (tertiary alicyclic amines) is 1. The van der Waals surface area contributed by atoms with E-state index in [2.05, 4.69) is 29.2 Å². The number of hydrogen-bond donors (Lipinski definition) is 0. The van der Waals surface area contributed by atoms with E-state index in [0.717, 1.165) is 32.5 Å². The molecule has 1 heterocycles. The molecule has 0 radical (unpaired) electrons. The monoisotopic (exact) mass is 339 g/mol. The SMILES string of the molecule is COc1ccc(C(=O)C2CCCN(Cc3ccccc3)C2)cc1OC. The molecule has 132 valence electrons. The van der Waals surface area contributed by atoms with E-state index in [9.17, 15) is 4.79 Å². The smallest absolute Gasteiger partial charge is 0.167 e. The van der Waals surface area contributed by atoms with Gasteiger partial charge in [0.15, 0.2) is 17.3 Å². The normalized spacial score (nSPS) is 17.9. The van der Waals surface area contributed by atoms with Gasteiger partial charge in [-0.05, 0) is 43.1 Å². The second kappa shape index (κ2) is 8.17. The number of hydrogen-bond acceptors (Lipinski definition) is 4. The maximum Gasteiger partial charge on any atom is 0.167 e. The van der Waals surface area contributed by atoms with Crippen molar-refractivity contribution in [3.05, 3.63) is 59.7 Å². The molecule has 1 saturated heterocycles. The number of Topliss-reactive ketones (excluding diaryl/α,β-unsaturated/α-hetero) is 1. The fourth-order valence-corrected chi connectivity index (χ4v) is 3.48. The molecule has 0 aromatic heterocycles. The quantitative estimate of drug-likeness (QED) is 0.751. The van der Waals surface area contributed by atoms with Gasteiger partial charge in [0.2, 0.25) is 0 Å². The van der Waals surface area contributed by atoms with Crippen LogP contribution in [-0.4, -0.2) is 38.0 Å². The molecule has 0 bridgehead atoms. The summed E-state index contributed by atoms with van der Waals surface area (Å²) in [7, 11) is 3.19. The third-order valence-electron chi connectivity index (χ3n) is 4.79. The Morgan fingerprint density at radius 2 is 1.84 bits per heavy atom. The molecular formula is C21H25NO3. The van der Waals surface area contributed by atoms with Gasteiger partial charge in [-0.1, -0.05) is 30.3 Å². The second-order valence-corrected chi connectivity index (χ2v) is 6.49. The lowest BCUT2D eigenvalue weighted by molar-refractivity contribution is 0.0811. The fraction of sp³-hybridized carbons (Fsp3) is 0.381. The molecule has 0 N–H and O–H groups in total. The fourth-order valence-electron chi connectivity index (χ4n) is 3.48. The van der Waals surface area contributed by atoms with Crippen LogP contribution in [0.3, 0.4) is 0 Å². The van der Waals surface area contributed by atoms with Crippen LogP contribution in [0.25, 0.3) is 0 Å². The molecule has 0 amide bonds. The van der Waals surface area contributed by atoms with Crippen LogP contribution in [0.15, 0.2) is 48.5 Å². The molecule has 0 spiro atoms. The summed E-state index contributed by atoms with van der Waals surface area (Å²) < 4.78 is 10.6. The number of methoxy groups -OCH3 is 2. The van der Waals surface area contributed by atoms with E-state index in [1.165, 1.54) is 5.56 Å². The standard InChI is InChI=1S/C21H25NO3/c1-24-19-11-10-17(13-20(19)25-2)21(23)18-9-6-12-22(15-18)14-16-7-4-3-5-8-16/h3-5,7-8,10-11,13,18H,6,9,12,14-15H2,1-2H3. The molecule has 2 aromatic rings. The Morgan fingerprint density at radius 1 is 1.08 bits per heavy atom. The molecule has 0 saturated carbocycles. The molecule has 4 heteroatoms. The minimum absolute atomic E-state index is 0.0376. The van der Waals surface area contributed by atoms with Gasteiger partial charge in [0.05, 0.1) is 14.2 Å². The Bertz CT molecular complexity index is 714. The van der Waals surface area contributed by atoms with Crippen molar-refractivity contribution in [2.75, 3.05) is 27.3 Å². The first-order valence-electron chi connectivity index (χ1n) is 8.73. The Kier molecular flexibility index (Phi) is 5.71. The predicted molar refractivity (Wildman–Crippen MR) is 98.3 cm³/mol. The van der Waals surface area contributed by atoms with Gasteiger partial charge in [-0.25, -0.2) is 0 Å². The van der Waals surface area contributed by atoms with Crippen molar-refractivity contribution in [1.29, 1.82) is 0 Å². The number of ether oxygens (including phenoxy) is 2. The summed E-state index contributed by atoms with van der Waals surface area (Å²) in [6.45, 7) is 2.75. The van der Waals surface area contributed by atoms with Crippen molar-refractivity contribution >= 4 is 5.78 Å². The van der Waals surface area contributed by atoms with Crippen molar-refractivity contribution in [2.45, 2.75) is 19.4 Å². The first kappa shape index (κ1) is 17.5. The molecule has 4 nitrogen and oxygen atoms in total. The summed E-state index contributed by atoms with van der Waals surface area (Å²) in [6, 6.07) is 15.9. The number of ketones is 1. The Morgan fingerprint density at radius 3 is 2.56 bits per heavy atom. The Hall–Kier alpha value is -2.33. The second-order valence-electron chi connectivity index (χ2n) is 6.49. The van der Waals surface area contributed by atoms with Crippen molar-refractivity contribution in [3.63, 3.8) is 0 Å². The first-order chi connectivity index (χ1) is 12.2. The zero-order valence-corrected chi connectivity index (χ0v) is 14.9. The van der Waals surface area contributed by atoms with Crippen LogP contribution in [0.4, 0.5) is 0 Å². The lowest BCUT2D eigenvalue weighted by Crippen LogP contribution is -2.38. The number of rotatable bonds is 6. The molecule has 3 rings (SSSR count). The Labute approximate surface area is 149 Å². The van der Waals surface area contributed by atoms with Gasteiger partial charge in [-0.2, -0.15) is 0 Å². The summed E-state index contributed by atoms with van der Waals surface area (Å²) in [5.41, 5.74) is 1.99. The topological polar surface area (TPSA) is 38.8 Å². The maximum absolute atomic E-state index is 12.9. The summed E-state index contributed by atoms with van der Waals surface area (Å²) >= 11 is 0. The van der Waals surface area contributed by atoms with Crippen LogP contribution < -0.4 is 9.47 Å². The molecular weight excluding hydrogens is 314 g/mol. The van der Waals surface area contributed by atoms with E-state index in [1.54, 1.807) is 26.4 Å². The van der Waals surface area contributed by atoms with Gasteiger partial charge in [-0.3, -0.25) is 9.69 Å². The summed E-state index contributed by atoms with van der Waals surface area (Å²) in [4.78, 5) is 15.3. The highest BCUT2D eigenvalue weighted by Gasteiger charge is 2.27. The molecule has 0 aliphatic carbocycles. The van der Waals surface area contributed by atoms with Crippen LogP contribution >= 0.6 is 0 Å². The number of piperidine rings is 1. The lowest BCUT2D eigenvalue weighted by atomic mass is 9.89. The van der Waals surface area contributed by atoms with Crippen molar-refractivity contribution in [2.24, 2.45) is 5.92 Å². The largest absolute Gasteiger partial charge is 0.493 e. The van der Waals surface area contributed by atoms with E-state index in [4.69, 9.17) is 9.47 Å². The first-order valence-corrected chi connectivity index (χ1v) is 8.73. The maximum atomic E-state index is 12.9. The van der Waals surface area contributed by atoms with E-state index >= 15 is 0 Å².